The molecule has 4 nitrogen and oxygen atoms in total. The molecule has 0 saturated carbocycles. The average Bonchev–Trinajstić information content (AvgIpc) is 2.76. The Kier molecular flexibility index (Phi) is 4.32. The fraction of sp³-hybridized carbons (Fsp3) is 0.429. The molecule has 0 saturated heterocycles. The number of nitrogens with zero attached hydrogens (tertiary/aromatic N) is 2. The molecule has 1 unspecified atom stereocenters. The topological polar surface area (TPSA) is 58.7 Å². The summed E-state index contributed by atoms with van der Waals surface area (Å²) in [6.07, 6.45) is -3.30. The van der Waals surface area contributed by atoms with Crippen LogP contribution in [0.4, 0.5) is 18.9 Å². The lowest BCUT2D eigenvalue weighted by molar-refractivity contribution is -0.137. The predicted molar refractivity (Wildman–Crippen MR) is 73.8 cm³/mol. The maximum absolute atomic E-state index is 12.5. The minimum atomic E-state index is -4.40. The van der Waals surface area contributed by atoms with Crippen LogP contribution in [0.3, 0.4) is 0 Å². The van der Waals surface area contributed by atoms with Gasteiger partial charge in [-0.1, -0.05) is 6.92 Å². The number of alkyl halides is 3. The summed E-state index contributed by atoms with van der Waals surface area (Å²) in [6.45, 7) is 2.24. The Morgan fingerprint density at radius 3 is 2.38 bits per heavy atom. The third kappa shape index (κ3) is 3.07. The number of carbonyl (C=O) groups excluding carboxylic acids is 1. The van der Waals surface area contributed by atoms with Crippen molar-refractivity contribution >= 4 is 17.3 Å². The van der Waals surface area contributed by atoms with E-state index in [1.54, 1.807) is 0 Å². The number of carbonyl (C=O) groups is 1. The van der Waals surface area contributed by atoms with E-state index in [-0.39, 0.29) is 11.8 Å². The van der Waals surface area contributed by atoms with Crippen LogP contribution in [0.2, 0.25) is 0 Å². The number of rotatable bonds is 4. The summed E-state index contributed by atoms with van der Waals surface area (Å²) in [7, 11) is 0. The number of hydrogen-bond donors (Lipinski definition) is 1. The van der Waals surface area contributed by atoms with Crippen LogP contribution in [0.1, 0.15) is 25.3 Å². The molecule has 1 aliphatic rings. The molecule has 0 fully saturated rings. The van der Waals surface area contributed by atoms with Crippen molar-refractivity contribution in [2.45, 2.75) is 25.9 Å². The zero-order chi connectivity index (χ0) is 15.6. The van der Waals surface area contributed by atoms with Crippen molar-refractivity contribution in [2.75, 3.05) is 11.6 Å². The molecule has 1 aromatic carbocycles. The monoisotopic (exact) mass is 299 g/mol. The molecule has 7 heteroatoms. The van der Waals surface area contributed by atoms with Crippen molar-refractivity contribution in [1.29, 1.82) is 0 Å². The summed E-state index contributed by atoms with van der Waals surface area (Å²) >= 11 is 0. The minimum absolute atomic E-state index is 0.239. The van der Waals surface area contributed by atoms with Gasteiger partial charge in [0.1, 0.15) is 0 Å². The highest BCUT2D eigenvalue weighted by Gasteiger charge is 2.35. The lowest BCUT2D eigenvalue weighted by atomic mass is 9.97. The van der Waals surface area contributed by atoms with Crippen LogP contribution in [-0.2, 0) is 11.0 Å². The lowest BCUT2D eigenvalue weighted by Gasteiger charge is -2.15. The van der Waals surface area contributed by atoms with Gasteiger partial charge in [-0.25, -0.2) is 5.01 Å². The zero-order valence-electron chi connectivity index (χ0n) is 11.5. The summed E-state index contributed by atoms with van der Waals surface area (Å²) in [5.41, 5.74) is 5.78. The van der Waals surface area contributed by atoms with Crippen LogP contribution < -0.4 is 10.7 Å². The summed E-state index contributed by atoms with van der Waals surface area (Å²) in [4.78, 5) is 12.3. The van der Waals surface area contributed by atoms with Crippen molar-refractivity contribution in [1.82, 2.24) is 0 Å². The first-order valence-corrected chi connectivity index (χ1v) is 6.67. The first-order chi connectivity index (χ1) is 9.88. The number of hydrogen-bond acceptors (Lipinski definition) is 3. The van der Waals surface area contributed by atoms with Crippen molar-refractivity contribution in [3.8, 4) is 0 Å². The second-order valence-electron chi connectivity index (χ2n) is 4.77. The highest BCUT2D eigenvalue weighted by Crippen LogP contribution is 2.32. The third-order valence-corrected chi connectivity index (χ3v) is 3.39. The molecule has 1 aliphatic heterocycles. The molecule has 2 rings (SSSR count). The van der Waals surface area contributed by atoms with Gasteiger partial charge in [0.2, 0.25) is 0 Å². The van der Waals surface area contributed by atoms with Crippen molar-refractivity contribution in [2.24, 2.45) is 16.8 Å². The summed E-state index contributed by atoms with van der Waals surface area (Å²) in [6, 6.07) is 4.39. The van der Waals surface area contributed by atoms with Crippen LogP contribution in [0.25, 0.3) is 0 Å². The van der Waals surface area contributed by atoms with Crippen LogP contribution in [0.5, 0.6) is 0 Å². The Labute approximate surface area is 120 Å². The van der Waals surface area contributed by atoms with E-state index < -0.39 is 11.7 Å². The summed E-state index contributed by atoms with van der Waals surface area (Å²) in [5, 5.41) is 5.38. The minimum Gasteiger partial charge on any atom is -0.330 e. The quantitative estimate of drug-likeness (QED) is 0.929. The molecule has 114 valence electrons. The van der Waals surface area contributed by atoms with E-state index in [1.807, 2.05) is 6.92 Å². The van der Waals surface area contributed by atoms with Crippen LogP contribution in [0.15, 0.2) is 29.4 Å². The molecule has 0 radical (unpaired) electrons. The molecule has 1 aromatic rings. The summed E-state index contributed by atoms with van der Waals surface area (Å²) < 4.78 is 37.6. The fourth-order valence-electron chi connectivity index (χ4n) is 2.29. The van der Waals surface area contributed by atoms with Gasteiger partial charge in [0.05, 0.1) is 22.9 Å². The Bertz CT molecular complexity index is 552. The Morgan fingerprint density at radius 1 is 1.29 bits per heavy atom. The Hall–Kier alpha value is -1.89. The zero-order valence-corrected chi connectivity index (χ0v) is 11.5. The molecule has 21 heavy (non-hydrogen) atoms. The van der Waals surface area contributed by atoms with Crippen LogP contribution in [-0.4, -0.2) is 18.2 Å². The number of amides is 1. The molecule has 0 bridgehead atoms. The third-order valence-electron chi connectivity index (χ3n) is 3.39. The second-order valence-corrected chi connectivity index (χ2v) is 4.77. The van der Waals surface area contributed by atoms with E-state index in [2.05, 4.69) is 5.10 Å². The van der Waals surface area contributed by atoms with Gasteiger partial charge in [-0.2, -0.15) is 18.3 Å². The van der Waals surface area contributed by atoms with E-state index in [4.69, 9.17) is 5.73 Å². The highest BCUT2D eigenvalue weighted by atomic mass is 19.4. The van der Waals surface area contributed by atoms with E-state index >= 15 is 0 Å². The first-order valence-electron chi connectivity index (χ1n) is 6.67. The number of nitrogens with two attached hydrogens (primary N) is 1. The van der Waals surface area contributed by atoms with Crippen molar-refractivity contribution in [3.05, 3.63) is 29.8 Å². The number of hydrazone groups is 1. The van der Waals surface area contributed by atoms with E-state index in [1.165, 1.54) is 17.1 Å². The van der Waals surface area contributed by atoms with Gasteiger partial charge in [0.25, 0.3) is 5.91 Å². The summed E-state index contributed by atoms with van der Waals surface area (Å²) in [5.74, 6) is -0.612. The first kappa shape index (κ1) is 15.5. The smallest absolute Gasteiger partial charge is 0.330 e. The van der Waals surface area contributed by atoms with Gasteiger partial charge in [-0.05, 0) is 43.7 Å². The Morgan fingerprint density at radius 2 is 1.90 bits per heavy atom. The second kappa shape index (κ2) is 5.85. The van der Waals surface area contributed by atoms with Gasteiger partial charge in [-0.15, -0.1) is 0 Å². The van der Waals surface area contributed by atoms with E-state index in [0.717, 1.165) is 12.1 Å². The normalized spacial score (nSPS) is 19.1. The van der Waals surface area contributed by atoms with Gasteiger partial charge < -0.3 is 5.73 Å². The van der Waals surface area contributed by atoms with E-state index in [0.29, 0.717) is 30.8 Å². The highest BCUT2D eigenvalue weighted by molar-refractivity contribution is 6.15. The van der Waals surface area contributed by atoms with Crippen LogP contribution in [0, 0.1) is 5.92 Å². The van der Waals surface area contributed by atoms with Gasteiger partial charge in [0, 0.05) is 0 Å². The van der Waals surface area contributed by atoms with Gasteiger partial charge in [0.15, 0.2) is 0 Å². The SMILES string of the molecule is CCC1=NN(c2ccc(C(F)(F)F)cc2)C(=O)C1CCN. The largest absolute Gasteiger partial charge is 0.416 e. The predicted octanol–water partition coefficient (Wildman–Crippen LogP) is 2.78. The molecular weight excluding hydrogens is 283 g/mol. The molecular formula is C14H16F3N3O. The molecule has 1 atom stereocenters. The maximum Gasteiger partial charge on any atom is 0.416 e. The van der Waals surface area contributed by atoms with Gasteiger partial charge in [-0.3, -0.25) is 4.79 Å². The molecule has 0 aliphatic carbocycles. The fourth-order valence-corrected chi connectivity index (χ4v) is 2.29. The number of benzene rings is 1. The molecule has 2 N–H and O–H groups in total. The standard InChI is InChI=1S/C14H16F3N3O/c1-2-12-11(7-8-18)13(21)20(19-12)10-5-3-9(4-6-10)14(15,16)17/h3-6,11H,2,7-8,18H2,1H3. The molecule has 1 amide bonds. The van der Waals surface area contributed by atoms with Crippen molar-refractivity contribution < 1.29 is 18.0 Å². The van der Waals surface area contributed by atoms with Crippen molar-refractivity contribution in [3.63, 3.8) is 0 Å². The Balaban J connectivity index is 2.26. The molecule has 1 heterocycles. The number of halogens is 3. The average molecular weight is 299 g/mol. The lowest BCUT2D eigenvalue weighted by Crippen LogP contribution is -2.29. The van der Waals surface area contributed by atoms with Crippen LogP contribution >= 0.6 is 0 Å². The molecule has 0 spiro atoms. The van der Waals surface area contributed by atoms with E-state index in [9.17, 15) is 18.0 Å². The number of anilines is 1. The molecule has 0 aromatic heterocycles. The maximum atomic E-state index is 12.5. The van der Waals surface area contributed by atoms with Gasteiger partial charge >= 0.3 is 6.18 Å².